The molecule has 1 heterocycles. The summed E-state index contributed by atoms with van der Waals surface area (Å²) in [5, 5.41) is 0.992. The van der Waals surface area contributed by atoms with Crippen LogP contribution in [0.25, 0.3) is 0 Å². The highest BCUT2D eigenvalue weighted by molar-refractivity contribution is 7.99. The number of nitrogens with zero attached hydrogens (tertiary/aromatic N) is 2. The number of aromatic nitrogens is 2. The van der Waals surface area contributed by atoms with Crippen molar-refractivity contribution >= 4 is 17.7 Å². The molecule has 1 aromatic heterocycles. The fourth-order valence-corrected chi connectivity index (χ4v) is 2.17. The zero-order valence-corrected chi connectivity index (χ0v) is 10.1. The average Bonchev–Trinajstić information content (AvgIpc) is 2.23. The Bertz CT molecular complexity index is 303. The molecule has 0 fully saturated rings. The minimum atomic E-state index is 0.494. The van der Waals surface area contributed by atoms with E-state index in [2.05, 4.69) is 22.3 Å². The van der Waals surface area contributed by atoms with Crippen LogP contribution >= 0.6 is 11.8 Å². The van der Waals surface area contributed by atoms with Crippen LogP contribution in [0.2, 0.25) is 0 Å². The van der Waals surface area contributed by atoms with E-state index in [4.69, 9.17) is 5.84 Å². The Labute approximate surface area is 95.0 Å². The minimum absolute atomic E-state index is 0.494. The molecule has 0 atom stereocenters. The van der Waals surface area contributed by atoms with Crippen LogP contribution in [0, 0.1) is 6.92 Å². The maximum absolute atomic E-state index is 5.28. The van der Waals surface area contributed by atoms with Crippen molar-refractivity contribution in [2.45, 2.75) is 38.1 Å². The van der Waals surface area contributed by atoms with E-state index in [9.17, 15) is 0 Å². The van der Waals surface area contributed by atoms with Gasteiger partial charge in [-0.1, -0.05) is 19.8 Å². The average molecular weight is 226 g/mol. The molecule has 0 unspecified atom stereocenters. The van der Waals surface area contributed by atoms with Crippen molar-refractivity contribution < 1.29 is 0 Å². The third-order valence-corrected chi connectivity index (χ3v) is 2.96. The van der Waals surface area contributed by atoms with Crippen LogP contribution < -0.4 is 11.3 Å². The topological polar surface area (TPSA) is 63.8 Å². The lowest BCUT2D eigenvalue weighted by molar-refractivity contribution is 0.778. The second kappa shape index (κ2) is 6.63. The Hall–Kier alpha value is -0.810. The van der Waals surface area contributed by atoms with Gasteiger partial charge in [-0.05, 0) is 25.2 Å². The van der Waals surface area contributed by atoms with Gasteiger partial charge in [0, 0.05) is 5.69 Å². The normalized spacial score (nSPS) is 10.3. The van der Waals surface area contributed by atoms with Crippen LogP contribution in [-0.2, 0) is 0 Å². The summed E-state index contributed by atoms with van der Waals surface area (Å²) in [6.45, 7) is 4.15. The number of unbranched alkanes of at least 4 members (excludes halogenated alkanes) is 2. The van der Waals surface area contributed by atoms with Crippen LogP contribution in [-0.4, -0.2) is 15.7 Å². The predicted octanol–water partition coefficient (Wildman–Crippen LogP) is 2.35. The van der Waals surface area contributed by atoms with Crippen LogP contribution in [0.1, 0.15) is 31.9 Å². The van der Waals surface area contributed by atoms with E-state index < -0.39 is 0 Å². The number of hydrazine groups is 1. The zero-order valence-electron chi connectivity index (χ0n) is 9.29. The quantitative estimate of drug-likeness (QED) is 0.256. The first-order chi connectivity index (χ1) is 7.26. The summed E-state index contributed by atoms with van der Waals surface area (Å²) in [7, 11) is 0. The van der Waals surface area contributed by atoms with E-state index in [1.807, 2.05) is 13.0 Å². The lowest BCUT2D eigenvalue weighted by Gasteiger charge is -2.04. The Morgan fingerprint density at radius 1 is 1.40 bits per heavy atom. The van der Waals surface area contributed by atoms with Gasteiger partial charge in [0.1, 0.15) is 5.03 Å². The van der Waals surface area contributed by atoms with Gasteiger partial charge in [-0.15, -0.1) is 11.8 Å². The lowest BCUT2D eigenvalue weighted by Crippen LogP contribution is -2.11. The molecular formula is C10H18N4S. The summed E-state index contributed by atoms with van der Waals surface area (Å²) in [6.07, 6.45) is 3.76. The molecule has 0 aliphatic carbocycles. The van der Waals surface area contributed by atoms with Gasteiger partial charge in [-0.3, -0.25) is 5.43 Å². The van der Waals surface area contributed by atoms with E-state index in [1.54, 1.807) is 11.8 Å². The molecular weight excluding hydrogens is 208 g/mol. The number of hydrogen-bond acceptors (Lipinski definition) is 5. The number of rotatable bonds is 6. The molecule has 0 radical (unpaired) electrons. The largest absolute Gasteiger partial charge is 0.292 e. The maximum Gasteiger partial charge on any atom is 0.238 e. The molecule has 0 aromatic carbocycles. The van der Waals surface area contributed by atoms with Gasteiger partial charge in [0.2, 0.25) is 5.95 Å². The van der Waals surface area contributed by atoms with Crippen LogP contribution in [0.4, 0.5) is 5.95 Å². The van der Waals surface area contributed by atoms with Crippen LogP contribution in [0.15, 0.2) is 11.1 Å². The van der Waals surface area contributed by atoms with Crippen molar-refractivity contribution in [2.75, 3.05) is 11.2 Å². The maximum atomic E-state index is 5.28. The van der Waals surface area contributed by atoms with Gasteiger partial charge in [0.15, 0.2) is 0 Å². The number of nitrogens with two attached hydrogens (primary N) is 1. The Morgan fingerprint density at radius 2 is 2.20 bits per heavy atom. The molecule has 0 saturated carbocycles. The highest BCUT2D eigenvalue weighted by Gasteiger charge is 2.01. The van der Waals surface area contributed by atoms with Crippen molar-refractivity contribution in [2.24, 2.45) is 5.84 Å². The first-order valence-corrected chi connectivity index (χ1v) is 6.20. The van der Waals surface area contributed by atoms with E-state index in [0.717, 1.165) is 16.5 Å². The molecule has 84 valence electrons. The first kappa shape index (κ1) is 12.3. The standard InChI is InChI=1S/C10H18N4S/c1-3-4-5-6-15-9-7-8(2)12-10(13-9)14-11/h7H,3-6,11H2,1-2H3,(H,12,13,14). The van der Waals surface area contributed by atoms with Gasteiger partial charge in [-0.25, -0.2) is 15.8 Å². The SMILES string of the molecule is CCCCCSc1cc(C)nc(NN)n1. The Kier molecular flexibility index (Phi) is 5.42. The van der Waals surface area contributed by atoms with Gasteiger partial charge in [-0.2, -0.15) is 0 Å². The molecule has 0 bridgehead atoms. The molecule has 15 heavy (non-hydrogen) atoms. The summed E-state index contributed by atoms with van der Waals surface area (Å²) in [4.78, 5) is 8.40. The number of nitrogen functional groups attached to an aromatic ring is 1. The minimum Gasteiger partial charge on any atom is -0.292 e. The van der Waals surface area contributed by atoms with Crippen LogP contribution in [0.3, 0.4) is 0 Å². The molecule has 1 rings (SSSR count). The van der Waals surface area contributed by atoms with Crippen molar-refractivity contribution in [3.63, 3.8) is 0 Å². The molecule has 0 aliphatic heterocycles. The van der Waals surface area contributed by atoms with E-state index in [1.165, 1.54) is 19.3 Å². The van der Waals surface area contributed by atoms with E-state index in [-0.39, 0.29) is 0 Å². The van der Waals surface area contributed by atoms with Crippen LogP contribution in [0.5, 0.6) is 0 Å². The molecule has 0 saturated heterocycles. The molecule has 5 heteroatoms. The fourth-order valence-electron chi connectivity index (χ4n) is 1.21. The monoisotopic (exact) mass is 226 g/mol. The lowest BCUT2D eigenvalue weighted by atomic mass is 10.3. The summed E-state index contributed by atoms with van der Waals surface area (Å²) in [5.74, 6) is 6.88. The number of thioether (sulfide) groups is 1. The smallest absolute Gasteiger partial charge is 0.238 e. The van der Waals surface area contributed by atoms with E-state index >= 15 is 0 Å². The third-order valence-electron chi connectivity index (χ3n) is 1.96. The van der Waals surface area contributed by atoms with Crippen molar-refractivity contribution in [3.05, 3.63) is 11.8 Å². The number of hydrogen-bond donors (Lipinski definition) is 2. The van der Waals surface area contributed by atoms with Gasteiger partial charge in [0.05, 0.1) is 0 Å². The number of nitrogens with one attached hydrogen (secondary N) is 1. The molecule has 3 N–H and O–H groups in total. The zero-order chi connectivity index (χ0) is 11.1. The molecule has 0 amide bonds. The summed E-state index contributed by atoms with van der Waals surface area (Å²) < 4.78 is 0. The molecule has 4 nitrogen and oxygen atoms in total. The Balaban J connectivity index is 2.49. The van der Waals surface area contributed by atoms with E-state index in [0.29, 0.717) is 5.95 Å². The van der Waals surface area contributed by atoms with Gasteiger partial charge in [0.25, 0.3) is 0 Å². The Morgan fingerprint density at radius 3 is 2.87 bits per heavy atom. The summed E-state index contributed by atoms with van der Waals surface area (Å²) >= 11 is 1.76. The number of aryl methyl sites for hydroxylation is 1. The molecule has 0 aliphatic rings. The molecule has 1 aromatic rings. The van der Waals surface area contributed by atoms with Crippen molar-refractivity contribution in [1.82, 2.24) is 9.97 Å². The van der Waals surface area contributed by atoms with Gasteiger partial charge >= 0.3 is 0 Å². The summed E-state index contributed by atoms with van der Waals surface area (Å²) in [5.41, 5.74) is 3.41. The second-order valence-corrected chi connectivity index (χ2v) is 4.49. The molecule has 0 spiro atoms. The predicted molar refractivity (Wildman–Crippen MR) is 64.8 cm³/mol. The van der Waals surface area contributed by atoms with Crippen molar-refractivity contribution in [1.29, 1.82) is 0 Å². The first-order valence-electron chi connectivity index (χ1n) is 5.21. The fraction of sp³-hybridized carbons (Fsp3) is 0.600. The second-order valence-electron chi connectivity index (χ2n) is 3.37. The highest BCUT2D eigenvalue weighted by atomic mass is 32.2. The van der Waals surface area contributed by atoms with Gasteiger partial charge < -0.3 is 0 Å². The van der Waals surface area contributed by atoms with Crippen molar-refractivity contribution in [3.8, 4) is 0 Å². The third kappa shape index (κ3) is 4.48. The summed E-state index contributed by atoms with van der Waals surface area (Å²) in [6, 6.07) is 1.98. The highest BCUT2D eigenvalue weighted by Crippen LogP contribution is 2.19. The number of anilines is 1.